The van der Waals surface area contributed by atoms with Crippen LogP contribution >= 0.6 is 0 Å². The highest BCUT2D eigenvalue weighted by atomic mass is 32.2. The summed E-state index contributed by atoms with van der Waals surface area (Å²) in [6.07, 6.45) is 3.16. The predicted octanol–water partition coefficient (Wildman–Crippen LogP) is 4.53. The number of pyridine rings is 1. The molecule has 3 aromatic rings. The van der Waals surface area contributed by atoms with Gasteiger partial charge in [-0.3, -0.25) is 4.79 Å². The van der Waals surface area contributed by atoms with Gasteiger partial charge < -0.3 is 14.4 Å². The maximum atomic E-state index is 15.3. The molecule has 1 fully saturated rings. The van der Waals surface area contributed by atoms with Gasteiger partial charge in [-0.25, -0.2) is 12.8 Å². The van der Waals surface area contributed by atoms with Gasteiger partial charge in [0.1, 0.15) is 10.7 Å². The van der Waals surface area contributed by atoms with Gasteiger partial charge in [-0.1, -0.05) is 26.3 Å². The Labute approximate surface area is 206 Å². The summed E-state index contributed by atoms with van der Waals surface area (Å²) in [7, 11) is -4.07. The van der Waals surface area contributed by atoms with Gasteiger partial charge in [-0.2, -0.15) is 0 Å². The van der Waals surface area contributed by atoms with E-state index in [-0.39, 0.29) is 15.2 Å². The minimum Gasteiger partial charge on any atom is -0.367 e. The van der Waals surface area contributed by atoms with Crippen molar-refractivity contribution in [2.75, 3.05) is 37.6 Å². The number of aromatic nitrogens is 1. The minimum absolute atomic E-state index is 0.0741. The van der Waals surface area contributed by atoms with Crippen LogP contribution in [0.1, 0.15) is 37.8 Å². The monoisotopic (exact) mass is 499 g/mol. The largest absolute Gasteiger partial charge is 0.367 e. The highest BCUT2D eigenvalue weighted by Gasteiger charge is 2.26. The molecule has 0 radical (unpaired) electrons. The molecule has 0 N–H and O–H groups in total. The average molecular weight is 500 g/mol. The number of hydrogen-bond donors (Lipinski definition) is 0. The molecule has 188 valence electrons. The summed E-state index contributed by atoms with van der Waals surface area (Å²) >= 11 is 0. The number of piperazine rings is 1. The van der Waals surface area contributed by atoms with Crippen LogP contribution in [0.3, 0.4) is 0 Å². The number of likely N-dealkylation sites (N-methyl/N-ethyl adjacent to an activating group) is 1. The molecule has 2 heterocycles. The third-order valence-electron chi connectivity index (χ3n) is 7.11. The highest BCUT2D eigenvalue weighted by molar-refractivity contribution is 7.91. The number of rotatable bonds is 7. The molecule has 1 aliphatic heterocycles. The second-order valence-electron chi connectivity index (χ2n) is 9.36. The normalized spacial score (nSPS) is 15.2. The number of sulfone groups is 1. The molecule has 0 amide bonds. The van der Waals surface area contributed by atoms with E-state index >= 15 is 4.39 Å². The molecule has 8 heteroatoms. The zero-order valence-corrected chi connectivity index (χ0v) is 21.8. The summed E-state index contributed by atoms with van der Waals surface area (Å²) < 4.78 is 44.2. The SMILES string of the molecule is CCCCn1cc(S(=O)(=O)c2ccc(C)c(C)c2)c(=O)c2cc(F)c(N3CCN(CC)CC3)cc21. The molecule has 0 spiro atoms. The van der Waals surface area contributed by atoms with Gasteiger partial charge in [0, 0.05) is 38.9 Å². The molecule has 1 aromatic heterocycles. The van der Waals surface area contributed by atoms with Crippen molar-refractivity contribution >= 4 is 26.4 Å². The lowest BCUT2D eigenvalue weighted by Gasteiger charge is -2.35. The zero-order chi connectivity index (χ0) is 25.3. The Morgan fingerprint density at radius 1 is 0.971 bits per heavy atom. The van der Waals surface area contributed by atoms with Crippen LogP contribution in [0.5, 0.6) is 0 Å². The molecule has 1 aliphatic rings. The van der Waals surface area contributed by atoms with Gasteiger partial charge in [0.2, 0.25) is 15.3 Å². The van der Waals surface area contributed by atoms with Crippen LogP contribution in [-0.4, -0.2) is 50.6 Å². The van der Waals surface area contributed by atoms with Crippen molar-refractivity contribution in [2.45, 2.75) is 56.9 Å². The Morgan fingerprint density at radius 3 is 2.31 bits per heavy atom. The second kappa shape index (κ2) is 10.1. The summed E-state index contributed by atoms with van der Waals surface area (Å²) in [6.45, 7) is 12.5. The lowest BCUT2D eigenvalue weighted by Crippen LogP contribution is -2.46. The maximum absolute atomic E-state index is 15.3. The lowest BCUT2D eigenvalue weighted by atomic mass is 10.1. The van der Waals surface area contributed by atoms with Gasteiger partial charge in [-0.15, -0.1) is 0 Å². The molecule has 0 saturated carbocycles. The van der Waals surface area contributed by atoms with Crippen molar-refractivity contribution in [2.24, 2.45) is 0 Å². The predicted molar refractivity (Wildman–Crippen MR) is 139 cm³/mol. The topological polar surface area (TPSA) is 62.6 Å². The van der Waals surface area contributed by atoms with E-state index in [9.17, 15) is 13.2 Å². The zero-order valence-electron chi connectivity index (χ0n) is 21.0. The highest BCUT2D eigenvalue weighted by Crippen LogP contribution is 2.29. The van der Waals surface area contributed by atoms with Gasteiger partial charge in [-0.05, 0) is 62.2 Å². The molecule has 1 saturated heterocycles. The van der Waals surface area contributed by atoms with Gasteiger partial charge in [0.05, 0.1) is 21.5 Å². The third kappa shape index (κ3) is 4.86. The molecular weight excluding hydrogens is 465 g/mol. The molecule has 0 unspecified atom stereocenters. The Bertz CT molecular complexity index is 1410. The average Bonchev–Trinajstić information content (AvgIpc) is 2.85. The number of hydrogen-bond acceptors (Lipinski definition) is 5. The molecule has 0 bridgehead atoms. The van der Waals surface area contributed by atoms with E-state index in [0.717, 1.165) is 43.6 Å². The summed E-state index contributed by atoms with van der Waals surface area (Å²) in [5.41, 5.74) is 2.17. The molecule has 2 aromatic carbocycles. The first-order valence-corrected chi connectivity index (χ1v) is 13.8. The van der Waals surface area contributed by atoms with E-state index in [1.807, 2.05) is 18.7 Å². The van der Waals surface area contributed by atoms with Crippen molar-refractivity contribution < 1.29 is 12.8 Å². The Balaban J connectivity index is 1.88. The molecule has 35 heavy (non-hydrogen) atoms. The van der Waals surface area contributed by atoms with Gasteiger partial charge in [0.15, 0.2) is 0 Å². The molecule has 6 nitrogen and oxygen atoms in total. The van der Waals surface area contributed by atoms with Crippen molar-refractivity contribution in [1.29, 1.82) is 0 Å². The molecule has 0 atom stereocenters. The van der Waals surface area contributed by atoms with E-state index in [4.69, 9.17) is 0 Å². The van der Waals surface area contributed by atoms with Crippen LogP contribution in [0.25, 0.3) is 10.9 Å². The van der Waals surface area contributed by atoms with E-state index in [2.05, 4.69) is 18.7 Å². The van der Waals surface area contributed by atoms with E-state index < -0.39 is 21.1 Å². The Hall–Kier alpha value is -2.71. The molecule has 0 aliphatic carbocycles. The summed E-state index contributed by atoms with van der Waals surface area (Å²) in [4.78, 5) is 17.6. The van der Waals surface area contributed by atoms with Crippen molar-refractivity contribution in [3.63, 3.8) is 0 Å². The van der Waals surface area contributed by atoms with Gasteiger partial charge in [0.25, 0.3) is 0 Å². The van der Waals surface area contributed by atoms with E-state index in [0.29, 0.717) is 30.8 Å². The fourth-order valence-electron chi connectivity index (χ4n) is 4.63. The van der Waals surface area contributed by atoms with Crippen LogP contribution in [0.4, 0.5) is 10.1 Å². The van der Waals surface area contributed by atoms with Gasteiger partial charge >= 0.3 is 0 Å². The number of nitrogens with zero attached hydrogens (tertiary/aromatic N) is 3. The maximum Gasteiger partial charge on any atom is 0.211 e. The second-order valence-corrected chi connectivity index (χ2v) is 11.3. The summed E-state index contributed by atoms with van der Waals surface area (Å²) in [5.74, 6) is -0.498. The first-order valence-electron chi connectivity index (χ1n) is 12.3. The molecular formula is C27H34FN3O3S. The smallest absolute Gasteiger partial charge is 0.211 e. The standard InChI is InChI=1S/C27H34FN3O3S/c1-5-7-10-31-18-26(35(33,34)21-9-8-19(3)20(4)15-21)27(32)22-16-23(28)25(17-24(22)31)30-13-11-29(6-2)12-14-30/h8-9,15-18H,5-7,10-14H2,1-4H3. The number of fused-ring (bicyclic) bond motifs is 1. The lowest BCUT2D eigenvalue weighted by molar-refractivity contribution is 0.270. The number of benzene rings is 2. The number of anilines is 1. The van der Waals surface area contributed by atoms with E-state index in [1.54, 1.807) is 22.8 Å². The number of unbranched alkanes of at least 4 members (excludes halogenated alkanes) is 1. The third-order valence-corrected chi connectivity index (χ3v) is 8.85. The number of aryl methyl sites for hydroxylation is 3. The molecule has 4 rings (SSSR count). The number of halogens is 1. The van der Waals surface area contributed by atoms with Crippen LogP contribution in [0.15, 0.2) is 51.1 Å². The quantitative estimate of drug-likeness (QED) is 0.478. The van der Waals surface area contributed by atoms with Crippen LogP contribution in [0, 0.1) is 19.7 Å². The fraction of sp³-hybridized carbons (Fsp3) is 0.444. The van der Waals surface area contributed by atoms with Crippen molar-refractivity contribution in [3.8, 4) is 0 Å². The van der Waals surface area contributed by atoms with Crippen molar-refractivity contribution in [1.82, 2.24) is 9.47 Å². The van der Waals surface area contributed by atoms with Crippen LogP contribution < -0.4 is 10.3 Å². The van der Waals surface area contributed by atoms with Crippen LogP contribution in [0.2, 0.25) is 0 Å². The Morgan fingerprint density at radius 2 is 1.69 bits per heavy atom. The first-order chi connectivity index (χ1) is 16.7. The minimum atomic E-state index is -4.07. The summed E-state index contributed by atoms with van der Waals surface area (Å²) in [5, 5.41) is 0.0967. The van der Waals surface area contributed by atoms with Crippen LogP contribution in [-0.2, 0) is 16.4 Å². The first kappa shape index (κ1) is 25.4. The van der Waals surface area contributed by atoms with Crippen molar-refractivity contribution in [3.05, 3.63) is 63.7 Å². The Kier molecular flexibility index (Phi) is 7.33. The summed E-state index contributed by atoms with van der Waals surface area (Å²) in [6, 6.07) is 7.79. The van der Waals surface area contributed by atoms with E-state index in [1.165, 1.54) is 18.3 Å². The fourth-order valence-corrected chi connectivity index (χ4v) is 6.09.